The second-order valence-corrected chi connectivity index (χ2v) is 11.6. The fraction of sp³-hybridized carbons (Fsp3) is 0.333. The van der Waals surface area contributed by atoms with Crippen LogP contribution in [0.2, 0.25) is 0 Å². The normalized spacial score (nSPS) is 12.1. The van der Waals surface area contributed by atoms with Crippen LogP contribution in [0.4, 0.5) is 5.69 Å². The van der Waals surface area contributed by atoms with Gasteiger partial charge in [-0.1, -0.05) is 87.0 Å². The summed E-state index contributed by atoms with van der Waals surface area (Å²) in [6.07, 6.45) is 0.387. The van der Waals surface area contributed by atoms with E-state index in [0.717, 1.165) is 15.4 Å². The highest BCUT2D eigenvalue weighted by Crippen LogP contribution is 2.24. The Morgan fingerprint density at radius 1 is 0.895 bits per heavy atom. The number of carbonyl (C=O) groups excluding carboxylic acids is 2. The smallest absolute Gasteiger partial charge is 0.264 e. The number of hydrogen-bond acceptors (Lipinski definition) is 4. The topological polar surface area (TPSA) is 86.8 Å². The molecule has 0 radical (unpaired) electrons. The van der Waals surface area contributed by atoms with E-state index in [1.54, 1.807) is 48.5 Å². The van der Waals surface area contributed by atoms with E-state index in [-0.39, 0.29) is 23.3 Å². The Hall–Kier alpha value is -3.65. The second-order valence-electron chi connectivity index (χ2n) is 9.73. The predicted octanol–water partition coefficient (Wildman–Crippen LogP) is 4.77. The highest BCUT2D eigenvalue weighted by atomic mass is 32.2. The molecule has 1 N–H and O–H groups in total. The van der Waals surface area contributed by atoms with Crippen LogP contribution < -0.4 is 9.62 Å². The SMILES string of the molecule is CCC(C(=O)NCC(C)C)N(Cc1cccc(C)c1)C(=O)CN(c1ccccc1)S(=O)(=O)c1ccccc1. The van der Waals surface area contributed by atoms with Crippen molar-refractivity contribution in [2.24, 2.45) is 5.92 Å². The summed E-state index contributed by atoms with van der Waals surface area (Å²) in [6.45, 7) is 8.05. The summed E-state index contributed by atoms with van der Waals surface area (Å²) in [5, 5.41) is 2.94. The maximum Gasteiger partial charge on any atom is 0.264 e. The third-order valence-corrected chi connectivity index (χ3v) is 7.95. The van der Waals surface area contributed by atoms with Crippen molar-refractivity contribution in [1.82, 2.24) is 10.2 Å². The predicted molar refractivity (Wildman–Crippen MR) is 151 cm³/mol. The standard InChI is InChI=1S/C30H37N3O4S/c1-5-28(30(35)31-20-23(2)3)32(21-25-14-12-13-24(4)19-25)29(34)22-33(26-15-8-6-9-16-26)38(36,37)27-17-10-7-11-18-27/h6-19,23,28H,5,20-22H2,1-4H3,(H,31,35). The fourth-order valence-electron chi connectivity index (χ4n) is 4.19. The maximum absolute atomic E-state index is 14.0. The number of benzene rings is 3. The van der Waals surface area contributed by atoms with Gasteiger partial charge in [0.05, 0.1) is 10.6 Å². The summed E-state index contributed by atoms with van der Waals surface area (Å²) in [4.78, 5) is 28.8. The number of nitrogens with zero attached hydrogens (tertiary/aromatic N) is 2. The first kappa shape index (κ1) is 28.9. The number of amides is 2. The summed E-state index contributed by atoms with van der Waals surface area (Å²) in [6, 6.07) is 23.6. The van der Waals surface area contributed by atoms with Crippen molar-refractivity contribution < 1.29 is 18.0 Å². The Morgan fingerprint density at radius 3 is 2.11 bits per heavy atom. The lowest BCUT2D eigenvalue weighted by atomic mass is 10.1. The minimum Gasteiger partial charge on any atom is -0.354 e. The number of anilines is 1. The molecule has 0 saturated carbocycles. The van der Waals surface area contributed by atoms with Crippen LogP contribution in [0.25, 0.3) is 0 Å². The van der Waals surface area contributed by atoms with Crippen LogP contribution in [-0.2, 0) is 26.2 Å². The van der Waals surface area contributed by atoms with Gasteiger partial charge >= 0.3 is 0 Å². The van der Waals surface area contributed by atoms with Gasteiger partial charge in [-0.25, -0.2) is 8.42 Å². The lowest BCUT2D eigenvalue weighted by Crippen LogP contribution is -2.52. The number of hydrogen-bond donors (Lipinski definition) is 1. The van der Waals surface area contributed by atoms with E-state index in [1.165, 1.54) is 17.0 Å². The molecule has 0 aromatic heterocycles. The van der Waals surface area contributed by atoms with Crippen molar-refractivity contribution in [1.29, 1.82) is 0 Å². The highest BCUT2D eigenvalue weighted by molar-refractivity contribution is 7.92. The fourth-order valence-corrected chi connectivity index (χ4v) is 5.63. The van der Waals surface area contributed by atoms with Gasteiger partial charge < -0.3 is 10.2 Å². The van der Waals surface area contributed by atoms with Crippen molar-refractivity contribution in [3.05, 3.63) is 96.1 Å². The Labute approximate surface area is 226 Å². The Bertz CT molecular complexity index is 1310. The van der Waals surface area contributed by atoms with Gasteiger partial charge in [0.25, 0.3) is 10.0 Å². The molecule has 202 valence electrons. The molecule has 3 aromatic carbocycles. The molecule has 0 aliphatic rings. The van der Waals surface area contributed by atoms with E-state index in [2.05, 4.69) is 5.32 Å². The van der Waals surface area contributed by atoms with E-state index in [0.29, 0.717) is 18.7 Å². The van der Waals surface area contributed by atoms with Crippen LogP contribution in [0.1, 0.15) is 38.3 Å². The number of para-hydroxylation sites is 1. The van der Waals surface area contributed by atoms with E-state index in [9.17, 15) is 18.0 Å². The number of nitrogens with one attached hydrogen (secondary N) is 1. The van der Waals surface area contributed by atoms with Crippen molar-refractivity contribution in [2.75, 3.05) is 17.4 Å². The van der Waals surface area contributed by atoms with Gasteiger partial charge in [-0.05, 0) is 49.1 Å². The average Bonchev–Trinajstić information content (AvgIpc) is 2.91. The lowest BCUT2D eigenvalue weighted by molar-refractivity contribution is -0.140. The average molecular weight is 536 g/mol. The Kier molecular flexibility index (Phi) is 10.1. The van der Waals surface area contributed by atoms with E-state index >= 15 is 0 Å². The molecule has 7 nitrogen and oxygen atoms in total. The van der Waals surface area contributed by atoms with Crippen LogP contribution in [-0.4, -0.2) is 44.3 Å². The Morgan fingerprint density at radius 2 is 1.53 bits per heavy atom. The molecule has 1 atom stereocenters. The number of aryl methyl sites for hydroxylation is 1. The first-order valence-corrected chi connectivity index (χ1v) is 14.3. The third kappa shape index (κ3) is 7.44. The van der Waals surface area contributed by atoms with Crippen LogP contribution in [0.5, 0.6) is 0 Å². The summed E-state index contributed by atoms with van der Waals surface area (Å²) >= 11 is 0. The van der Waals surface area contributed by atoms with Crippen LogP contribution in [0.3, 0.4) is 0 Å². The minimum atomic E-state index is -4.05. The van der Waals surface area contributed by atoms with Crippen LogP contribution in [0.15, 0.2) is 89.8 Å². The molecule has 0 heterocycles. The van der Waals surface area contributed by atoms with Gasteiger partial charge in [0.15, 0.2) is 0 Å². The first-order valence-electron chi connectivity index (χ1n) is 12.9. The minimum absolute atomic E-state index is 0.0867. The zero-order valence-electron chi connectivity index (χ0n) is 22.5. The molecule has 0 saturated heterocycles. The van der Waals surface area contributed by atoms with Crippen molar-refractivity contribution >= 4 is 27.5 Å². The van der Waals surface area contributed by atoms with Gasteiger partial charge in [0.1, 0.15) is 12.6 Å². The van der Waals surface area contributed by atoms with Crippen LogP contribution >= 0.6 is 0 Å². The van der Waals surface area contributed by atoms with Gasteiger partial charge in [0, 0.05) is 13.1 Å². The number of sulfonamides is 1. The van der Waals surface area contributed by atoms with Crippen molar-refractivity contribution in [3.63, 3.8) is 0 Å². The molecule has 38 heavy (non-hydrogen) atoms. The molecule has 0 aliphatic heterocycles. The third-order valence-electron chi connectivity index (χ3n) is 6.16. The molecule has 1 unspecified atom stereocenters. The summed E-state index contributed by atoms with van der Waals surface area (Å²) in [5.74, 6) is -0.456. The molecule has 3 rings (SSSR count). The molecule has 0 spiro atoms. The van der Waals surface area contributed by atoms with Gasteiger partial charge in [-0.15, -0.1) is 0 Å². The summed E-state index contributed by atoms with van der Waals surface area (Å²) in [7, 11) is -4.05. The highest BCUT2D eigenvalue weighted by Gasteiger charge is 2.33. The Balaban J connectivity index is 2.01. The molecule has 3 aromatic rings. The molecule has 0 fully saturated rings. The van der Waals surface area contributed by atoms with Gasteiger partial charge in [-0.3, -0.25) is 13.9 Å². The van der Waals surface area contributed by atoms with Crippen molar-refractivity contribution in [2.45, 2.75) is 51.6 Å². The van der Waals surface area contributed by atoms with Crippen molar-refractivity contribution in [3.8, 4) is 0 Å². The quantitative estimate of drug-likeness (QED) is 0.362. The maximum atomic E-state index is 14.0. The largest absolute Gasteiger partial charge is 0.354 e. The van der Waals surface area contributed by atoms with Crippen LogP contribution in [0, 0.1) is 12.8 Å². The molecular weight excluding hydrogens is 498 g/mol. The number of carbonyl (C=O) groups is 2. The zero-order chi connectivity index (χ0) is 27.7. The first-order chi connectivity index (χ1) is 18.1. The van der Waals surface area contributed by atoms with E-state index < -0.39 is 28.5 Å². The van der Waals surface area contributed by atoms with Gasteiger partial charge in [0.2, 0.25) is 11.8 Å². The summed E-state index contributed by atoms with van der Waals surface area (Å²) in [5.41, 5.74) is 2.27. The molecule has 0 aliphatic carbocycles. The van der Waals surface area contributed by atoms with E-state index in [4.69, 9.17) is 0 Å². The number of rotatable bonds is 12. The molecular formula is C30H37N3O4S. The molecule has 8 heteroatoms. The monoisotopic (exact) mass is 535 g/mol. The molecule has 2 amide bonds. The summed E-state index contributed by atoms with van der Waals surface area (Å²) < 4.78 is 28.6. The zero-order valence-corrected chi connectivity index (χ0v) is 23.3. The lowest BCUT2D eigenvalue weighted by Gasteiger charge is -2.33. The van der Waals surface area contributed by atoms with E-state index in [1.807, 2.05) is 52.0 Å². The second kappa shape index (κ2) is 13.2. The van der Waals surface area contributed by atoms with Gasteiger partial charge in [-0.2, -0.15) is 0 Å². The molecule has 0 bridgehead atoms.